The average molecular weight is 400 g/mol. The number of nitrogens with one attached hydrogen (secondary N) is 2. The molecule has 0 aliphatic carbocycles. The molecule has 1 atom stereocenters. The fraction of sp³-hybridized carbons (Fsp3) is 0.429. The molecule has 1 aromatic carbocycles. The molecule has 0 bridgehead atoms. The fourth-order valence-corrected chi connectivity index (χ4v) is 2.71. The van der Waals surface area contributed by atoms with E-state index in [0.29, 0.717) is 25.3 Å². The highest BCUT2D eigenvalue weighted by Gasteiger charge is 2.19. The summed E-state index contributed by atoms with van der Waals surface area (Å²) in [5.41, 5.74) is 1.21. The van der Waals surface area contributed by atoms with Gasteiger partial charge in [0, 0.05) is 37.6 Å². The minimum absolute atomic E-state index is 0.150. The highest BCUT2D eigenvalue weighted by molar-refractivity contribution is 5.95. The number of rotatable bonds is 12. The maximum atomic E-state index is 12.3. The first-order chi connectivity index (χ1) is 14.0. The van der Waals surface area contributed by atoms with Crippen LogP contribution in [0, 0.1) is 10.1 Å². The zero-order chi connectivity index (χ0) is 21.1. The van der Waals surface area contributed by atoms with Gasteiger partial charge in [-0.2, -0.15) is 0 Å². The van der Waals surface area contributed by atoms with Crippen molar-refractivity contribution in [2.75, 3.05) is 25.1 Å². The van der Waals surface area contributed by atoms with E-state index in [2.05, 4.69) is 22.5 Å². The third-order valence-electron chi connectivity index (χ3n) is 4.35. The first-order valence-corrected chi connectivity index (χ1v) is 9.84. The number of pyridine rings is 1. The second kappa shape index (κ2) is 11.8. The zero-order valence-electron chi connectivity index (χ0n) is 16.9. The number of unbranched alkanes of at least 4 members (excludes halogenated alkanes) is 1. The molecule has 29 heavy (non-hydrogen) atoms. The summed E-state index contributed by atoms with van der Waals surface area (Å²) in [6.45, 7) is 5.73. The van der Waals surface area contributed by atoms with Gasteiger partial charge in [0.25, 0.3) is 11.6 Å². The van der Waals surface area contributed by atoms with Gasteiger partial charge in [0.05, 0.1) is 16.7 Å². The number of carbonyl (C=O) groups excluding carboxylic acids is 1. The number of hydrogen-bond donors (Lipinski definition) is 2. The molecule has 2 rings (SSSR count). The Hall–Kier alpha value is -3.00. The Morgan fingerprint density at radius 1 is 1.24 bits per heavy atom. The lowest BCUT2D eigenvalue weighted by Crippen LogP contribution is -2.25. The smallest absolute Gasteiger partial charge is 0.293 e. The van der Waals surface area contributed by atoms with Crippen molar-refractivity contribution in [1.29, 1.82) is 0 Å². The first kappa shape index (κ1) is 22.3. The van der Waals surface area contributed by atoms with Crippen molar-refractivity contribution >= 4 is 17.3 Å². The van der Waals surface area contributed by atoms with E-state index in [1.165, 1.54) is 6.07 Å². The Morgan fingerprint density at radius 3 is 2.72 bits per heavy atom. The summed E-state index contributed by atoms with van der Waals surface area (Å²) in [5.74, 6) is -0.342. The number of nitro benzene ring substituents is 1. The normalized spacial score (nSPS) is 11.7. The van der Waals surface area contributed by atoms with Gasteiger partial charge in [0.1, 0.15) is 5.69 Å². The van der Waals surface area contributed by atoms with Crippen molar-refractivity contribution < 1.29 is 14.5 Å². The molecule has 1 amide bonds. The highest BCUT2D eigenvalue weighted by atomic mass is 16.6. The van der Waals surface area contributed by atoms with Crippen LogP contribution in [0.2, 0.25) is 0 Å². The topological polar surface area (TPSA) is 106 Å². The third kappa shape index (κ3) is 7.15. The van der Waals surface area contributed by atoms with Crippen molar-refractivity contribution in [2.24, 2.45) is 0 Å². The number of nitro groups is 1. The maximum Gasteiger partial charge on any atom is 0.293 e. The molecule has 8 heteroatoms. The Bertz CT molecular complexity index is 799. The van der Waals surface area contributed by atoms with Gasteiger partial charge in [0.2, 0.25) is 0 Å². The summed E-state index contributed by atoms with van der Waals surface area (Å²) in [6.07, 6.45) is 4.47. The van der Waals surface area contributed by atoms with E-state index >= 15 is 0 Å². The predicted molar refractivity (Wildman–Crippen MR) is 112 cm³/mol. The van der Waals surface area contributed by atoms with Gasteiger partial charge in [0.15, 0.2) is 0 Å². The van der Waals surface area contributed by atoms with Gasteiger partial charge in [-0.05, 0) is 44.0 Å². The summed E-state index contributed by atoms with van der Waals surface area (Å²) in [6, 6.07) is 9.72. The van der Waals surface area contributed by atoms with Crippen molar-refractivity contribution in [1.82, 2.24) is 10.3 Å². The van der Waals surface area contributed by atoms with E-state index in [1.807, 2.05) is 25.1 Å². The second-order valence-electron chi connectivity index (χ2n) is 6.69. The van der Waals surface area contributed by atoms with Gasteiger partial charge in [-0.3, -0.25) is 19.9 Å². The molecule has 1 unspecified atom stereocenters. The Labute approximate surface area is 170 Å². The minimum Gasteiger partial charge on any atom is -0.381 e. The van der Waals surface area contributed by atoms with Crippen molar-refractivity contribution in [3.63, 3.8) is 0 Å². The number of carbonyl (C=O) groups is 1. The molecule has 1 heterocycles. The molecule has 0 aliphatic heterocycles. The molecule has 0 fully saturated rings. The lowest BCUT2D eigenvalue weighted by atomic mass is 10.1. The molecule has 0 aliphatic rings. The van der Waals surface area contributed by atoms with Crippen molar-refractivity contribution in [3.05, 3.63) is 64.0 Å². The number of nitrogens with zero attached hydrogens (tertiary/aromatic N) is 2. The molecular weight excluding hydrogens is 372 g/mol. The van der Waals surface area contributed by atoms with E-state index in [9.17, 15) is 14.9 Å². The van der Waals surface area contributed by atoms with Crippen LogP contribution in [0.1, 0.15) is 55.2 Å². The molecule has 0 spiro atoms. The SMILES string of the molecule is CCCCOCCCNC(=O)c1ccc(NC(C)c2ccccn2)c([N+](=O)[O-])c1. The van der Waals surface area contributed by atoms with Gasteiger partial charge in [-0.1, -0.05) is 19.4 Å². The molecule has 0 saturated heterocycles. The largest absolute Gasteiger partial charge is 0.381 e. The monoisotopic (exact) mass is 400 g/mol. The van der Waals surface area contributed by atoms with Crippen LogP contribution in [0.5, 0.6) is 0 Å². The molecule has 0 radical (unpaired) electrons. The quantitative estimate of drug-likeness (QED) is 0.316. The van der Waals surface area contributed by atoms with Crippen LogP contribution in [-0.4, -0.2) is 35.6 Å². The Balaban J connectivity index is 1.96. The second-order valence-corrected chi connectivity index (χ2v) is 6.69. The summed E-state index contributed by atoms with van der Waals surface area (Å²) < 4.78 is 5.45. The van der Waals surface area contributed by atoms with Crippen LogP contribution in [0.4, 0.5) is 11.4 Å². The molecule has 2 aromatic rings. The van der Waals surface area contributed by atoms with Crippen molar-refractivity contribution in [2.45, 2.75) is 39.2 Å². The van der Waals surface area contributed by atoms with Crippen LogP contribution in [0.15, 0.2) is 42.6 Å². The van der Waals surface area contributed by atoms with Gasteiger partial charge >= 0.3 is 0 Å². The molecule has 2 N–H and O–H groups in total. The number of amides is 1. The summed E-state index contributed by atoms with van der Waals surface area (Å²) in [7, 11) is 0. The van der Waals surface area contributed by atoms with Crippen LogP contribution < -0.4 is 10.6 Å². The average Bonchev–Trinajstić information content (AvgIpc) is 2.73. The molecule has 156 valence electrons. The van der Waals surface area contributed by atoms with Gasteiger partial charge < -0.3 is 15.4 Å². The molecular formula is C21H28N4O4. The van der Waals surface area contributed by atoms with Gasteiger partial charge in [-0.15, -0.1) is 0 Å². The zero-order valence-corrected chi connectivity index (χ0v) is 16.9. The summed E-state index contributed by atoms with van der Waals surface area (Å²) in [4.78, 5) is 27.6. The van der Waals surface area contributed by atoms with Gasteiger partial charge in [-0.25, -0.2) is 0 Å². The molecule has 1 aromatic heterocycles. The fourth-order valence-electron chi connectivity index (χ4n) is 2.71. The standard InChI is InChI=1S/C21H28N4O4/c1-3-4-13-29-14-7-12-23-21(26)17-9-10-19(20(15-17)25(27)28)24-16(2)18-8-5-6-11-22-18/h5-6,8-11,15-16,24H,3-4,7,12-14H2,1-2H3,(H,23,26). The van der Waals surface area contributed by atoms with E-state index in [-0.39, 0.29) is 23.2 Å². The van der Waals surface area contributed by atoms with E-state index in [0.717, 1.165) is 25.1 Å². The van der Waals surface area contributed by atoms with Crippen LogP contribution >= 0.6 is 0 Å². The van der Waals surface area contributed by atoms with Crippen molar-refractivity contribution in [3.8, 4) is 0 Å². The van der Waals surface area contributed by atoms with E-state index in [4.69, 9.17) is 4.74 Å². The van der Waals surface area contributed by atoms with Crippen LogP contribution in [0.25, 0.3) is 0 Å². The predicted octanol–water partition coefficient (Wildman–Crippen LogP) is 4.10. The lowest BCUT2D eigenvalue weighted by Gasteiger charge is -2.15. The molecule has 8 nitrogen and oxygen atoms in total. The van der Waals surface area contributed by atoms with E-state index < -0.39 is 4.92 Å². The first-order valence-electron chi connectivity index (χ1n) is 9.84. The third-order valence-corrected chi connectivity index (χ3v) is 4.35. The minimum atomic E-state index is -0.494. The highest BCUT2D eigenvalue weighted by Crippen LogP contribution is 2.28. The summed E-state index contributed by atoms with van der Waals surface area (Å²) in [5, 5.41) is 17.4. The van der Waals surface area contributed by atoms with Crippen LogP contribution in [-0.2, 0) is 4.74 Å². The lowest BCUT2D eigenvalue weighted by molar-refractivity contribution is -0.384. The number of anilines is 1. The van der Waals surface area contributed by atoms with Crippen LogP contribution in [0.3, 0.4) is 0 Å². The Morgan fingerprint density at radius 2 is 2.03 bits per heavy atom. The number of benzene rings is 1. The Kier molecular flexibility index (Phi) is 9.04. The number of aromatic nitrogens is 1. The van der Waals surface area contributed by atoms with E-state index in [1.54, 1.807) is 18.3 Å². The molecule has 0 saturated carbocycles. The number of ether oxygens (including phenoxy) is 1. The summed E-state index contributed by atoms with van der Waals surface area (Å²) >= 11 is 0. The maximum absolute atomic E-state index is 12.3. The number of hydrogen-bond acceptors (Lipinski definition) is 6.